The van der Waals surface area contributed by atoms with Crippen molar-refractivity contribution in [3.05, 3.63) is 254 Å². The first-order chi connectivity index (χ1) is 35.5. The number of nitrogens with zero attached hydrogens (tertiary/aromatic N) is 2. The van der Waals surface area contributed by atoms with Crippen molar-refractivity contribution < 1.29 is 4.42 Å². The Morgan fingerprint density at radius 3 is 1.62 bits per heavy atom. The van der Waals surface area contributed by atoms with Crippen molar-refractivity contribution in [1.82, 2.24) is 4.57 Å². The Morgan fingerprint density at radius 1 is 0.333 bits per heavy atom. The smallest absolute Gasteiger partial charge is 0.143 e. The van der Waals surface area contributed by atoms with E-state index in [-0.39, 0.29) is 5.41 Å². The minimum absolute atomic E-state index is 0.102. The maximum absolute atomic E-state index is 6.61. The molecule has 3 nitrogen and oxygen atoms in total. The van der Waals surface area contributed by atoms with Gasteiger partial charge in [-0.2, -0.15) is 0 Å². The third-order valence-corrected chi connectivity index (χ3v) is 15.8. The summed E-state index contributed by atoms with van der Waals surface area (Å²) in [4.78, 5) is 2.39. The highest BCUT2D eigenvalue weighted by molar-refractivity contribution is 6.26. The predicted octanol–water partition coefficient (Wildman–Crippen LogP) is 19.3. The van der Waals surface area contributed by atoms with Crippen molar-refractivity contribution in [2.45, 2.75) is 19.3 Å². The van der Waals surface area contributed by atoms with E-state index in [2.05, 4.69) is 260 Å². The zero-order valence-electron chi connectivity index (χ0n) is 39.9. The van der Waals surface area contributed by atoms with Gasteiger partial charge in [-0.3, -0.25) is 0 Å². The third-order valence-electron chi connectivity index (χ3n) is 15.8. The van der Waals surface area contributed by atoms with Gasteiger partial charge in [-0.25, -0.2) is 0 Å². The summed E-state index contributed by atoms with van der Waals surface area (Å²) >= 11 is 0. The first-order valence-electron chi connectivity index (χ1n) is 25.0. The number of anilines is 3. The highest BCUT2D eigenvalue weighted by Crippen LogP contribution is 2.51. The van der Waals surface area contributed by atoms with Crippen LogP contribution >= 0.6 is 0 Å². The Morgan fingerprint density at radius 2 is 0.875 bits per heavy atom. The second-order valence-electron chi connectivity index (χ2n) is 20.0. The Labute approximate surface area is 417 Å². The molecule has 12 aromatic carbocycles. The summed E-state index contributed by atoms with van der Waals surface area (Å²) in [5, 5.41) is 12.2. The van der Waals surface area contributed by atoms with Gasteiger partial charge in [0.05, 0.1) is 11.0 Å². The van der Waals surface area contributed by atoms with E-state index in [0.717, 1.165) is 78.0 Å². The number of rotatable bonds is 6. The second kappa shape index (κ2) is 15.4. The van der Waals surface area contributed by atoms with Crippen molar-refractivity contribution in [3.8, 4) is 39.1 Å². The van der Waals surface area contributed by atoms with Crippen molar-refractivity contribution in [2.24, 2.45) is 0 Å². The van der Waals surface area contributed by atoms with Gasteiger partial charge in [0.1, 0.15) is 11.2 Å². The summed E-state index contributed by atoms with van der Waals surface area (Å²) in [5.41, 5.74) is 18.5. The number of hydrogen-bond donors (Lipinski definition) is 0. The third kappa shape index (κ3) is 5.98. The van der Waals surface area contributed by atoms with Gasteiger partial charge in [-0.15, -0.1) is 0 Å². The van der Waals surface area contributed by atoms with Crippen LogP contribution in [0, 0.1) is 0 Å². The van der Waals surface area contributed by atoms with Crippen LogP contribution in [0.25, 0.3) is 115 Å². The Hall–Kier alpha value is -9.18. The lowest BCUT2D eigenvalue weighted by Crippen LogP contribution is -2.16. The molecule has 0 spiro atoms. The molecule has 2 heterocycles. The molecule has 14 aromatic rings. The molecule has 0 saturated heterocycles. The quantitative estimate of drug-likeness (QED) is 0.155. The van der Waals surface area contributed by atoms with Crippen LogP contribution in [-0.4, -0.2) is 4.57 Å². The summed E-state index contributed by atoms with van der Waals surface area (Å²) in [6.07, 6.45) is 0. The number of hydrogen-bond acceptors (Lipinski definition) is 2. The van der Waals surface area contributed by atoms with Gasteiger partial charge >= 0.3 is 0 Å². The topological polar surface area (TPSA) is 21.3 Å². The molecule has 0 N–H and O–H groups in total. The molecule has 72 heavy (non-hydrogen) atoms. The first-order valence-corrected chi connectivity index (χ1v) is 25.0. The lowest BCUT2D eigenvalue weighted by atomic mass is 9.82. The first kappa shape index (κ1) is 40.7. The van der Waals surface area contributed by atoms with Gasteiger partial charge in [-0.05, 0) is 150 Å². The van der Waals surface area contributed by atoms with E-state index >= 15 is 0 Å². The molecule has 3 heteroatoms. The zero-order valence-corrected chi connectivity index (χ0v) is 39.9. The molecule has 0 bridgehead atoms. The van der Waals surface area contributed by atoms with E-state index in [1.165, 1.54) is 65.3 Å². The molecular formula is C69H46N2O. The molecule has 0 fully saturated rings. The van der Waals surface area contributed by atoms with Crippen LogP contribution in [0.2, 0.25) is 0 Å². The SMILES string of the molecule is CC1(C)c2ccccc2-c2ccc(N(c3ccccc3)c3ccc(-c4ccc5c(c4)c4cc(-c6cccc7c6oc6ccccc67)ccc4n5-c4ccc5c6ccccc6c6ccccc6c5c4)cc3)cc21. The molecule has 0 radical (unpaired) electrons. The van der Waals surface area contributed by atoms with Gasteiger partial charge in [0.25, 0.3) is 0 Å². The molecule has 0 saturated carbocycles. The average molecular weight is 919 g/mol. The lowest BCUT2D eigenvalue weighted by molar-refractivity contribution is 0.660. The Balaban J connectivity index is 0.895. The van der Waals surface area contributed by atoms with Gasteiger partial charge < -0.3 is 13.9 Å². The fourth-order valence-electron chi connectivity index (χ4n) is 12.3. The number of benzene rings is 12. The van der Waals surface area contributed by atoms with E-state index in [4.69, 9.17) is 4.42 Å². The summed E-state index contributed by atoms with van der Waals surface area (Å²) in [5.74, 6) is 0. The maximum Gasteiger partial charge on any atom is 0.143 e. The molecule has 0 atom stereocenters. The maximum atomic E-state index is 6.61. The summed E-state index contributed by atoms with van der Waals surface area (Å²) in [6, 6.07) is 89.2. The van der Waals surface area contributed by atoms with Crippen molar-refractivity contribution in [3.63, 3.8) is 0 Å². The van der Waals surface area contributed by atoms with Crippen molar-refractivity contribution >= 4 is 93.1 Å². The minimum Gasteiger partial charge on any atom is -0.455 e. The number of para-hydroxylation sites is 3. The summed E-state index contributed by atoms with van der Waals surface area (Å²) in [6.45, 7) is 4.70. The van der Waals surface area contributed by atoms with E-state index < -0.39 is 0 Å². The van der Waals surface area contributed by atoms with Crippen LogP contribution in [0.4, 0.5) is 17.1 Å². The van der Waals surface area contributed by atoms with Crippen LogP contribution in [0.1, 0.15) is 25.0 Å². The second-order valence-corrected chi connectivity index (χ2v) is 20.0. The molecule has 2 aromatic heterocycles. The molecule has 338 valence electrons. The monoisotopic (exact) mass is 918 g/mol. The minimum atomic E-state index is -0.102. The van der Waals surface area contributed by atoms with Gasteiger partial charge in [0.15, 0.2) is 0 Å². The molecular weight excluding hydrogens is 873 g/mol. The van der Waals surface area contributed by atoms with Crippen molar-refractivity contribution in [1.29, 1.82) is 0 Å². The Bertz CT molecular complexity index is 4500. The van der Waals surface area contributed by atoms with E-state index in [9.17, 15) is 0 Å². The fourth-order valence-corrected chi connectivity index (χ4v) is 12.3. The highest BCUT2D eigenvalue weighted by Gasteiger charge is 2.35. The van der Waals surface area contributed by atoms with Crippen LogP contribution in [0.3, 0.4) is 0 Å². The van der Waals surface area contributed by atoms with E-state index in [1.54, 1.807) is 0 Å². The normalized spacial score (nSPS) is 13.0. The van der Waals surface area contributed by atoms with Gasteiger partial charge in [-0.1, -0.05) is 178 Å². The summed E-state index contributed by atoms with van der Waals surface area (Å²) in [7, 11) is 0. The number of fused-ring (bicyclic) bond motifs is 15. The van der Waals surface area contributed by atoms with Gasteiger partial charge in [0, 0.05) is 55.3 Å². The zero-order chi connectivity index (χ0) is 47.7. The molecule has 1 aliphatic carbocycles. The van der Waals surface area contributed by atoms with Crippen molar-refractivity contribution in [2.75, 3.05) is 4.90 Å². The highest BCUT2D eigenvalue weighted by atomic mass is 16.3. The number of furan rings is 1. The van der Waals surface area contributed by atoms with Crippen LogP contribution in [0.15, 0.2) is 247 Å². The van der Waals surface area contributed by atoms with Crippen LogP contribution in [0.5, 0.6) is 0 Å². The van der Waals surface area contributed by atoms with Gasteiger partial charge in [0.2, 0.25) is 0 Å². The lowest BCUT2D eigenvalue weighted by Gasteiger charge is -2.28. The molecule has 0 unspecified atom stereocenters. The molecule has 0 aliphatic heterocycles. The molecule has 15 rings (SSSR count). The van der Waals surface area contributed by atoms with E-state index in [1.807, 2.05) is 6.07 Å². The average Bonchev–Trinajstić information content (AvgIpc) is 4.06. The fraction of sp³-hybridized carbons (Fsp3) is 0.0435. The van der Waals surface area contributed by atoms with Crippen LogP contribution < -0.4 is 4.90 Å². The number of aromatic nitrogens is 1. The summed E-state index contributed by atoms with van der Waals surface area (Å²) < 4.78 is 9.07. The van der Waals surface area contributed by atoms with Crippen LogP contribution in [-0.2, 0) is 5.41 Å². The van der Waals surface area contributed by atoms with E-state index in [0.29, 0.717) is 0 Å². The predicted molar refractivity (Wildman–Crippen MR) is 304 cm³/mol. The molecule has 1 aliphatic rings. The molecule has 0 amide bonds. The Kier molecular flexibility index (Phi) is 8.71. The standard InChI is InChI=1S/C69H46N2O/c1-69(2)63-25-12-10-21-56(63)57-36-34-49(42-64(57)69)70(46-15-4-3-5-16-46)47-31-27-43(28-32-47)44-29-37-65-61(39-44)62-40-45(50-23-14-24-59-58-22-11-13-26-67(58)72-68(50)59)30-38-66(62)71(65)48-33-35-55-53-19-7-6-17-51(53)52-18-8-9-20-54(52)60(55)41-48/h3-42H,1-2H3. The largest absolute Gasteiger partial charge is 0.455 e.